The number of aryl methyl sites for hydroxylation is 2. The zero-order chi connectivity index (χ0) is 21.1. The first-order chi connectivity index (χ1) is 14.6. The number of rotatable bonds is 5. The molecule has 0 amide bonds. The summed E-state index contributed by atoms with van der Waals surface area (Å²) < 4.78 is 11.0. The van der Waals surface area contributed by atoms with Gasteiger partial charge < -0.3 is 14.4 Å². The van der Waals surface area contributed by atoms with Gasteiger partial charge in [-0.25, -0.2) is 0 Å². The zero-order valence-corrected chi connectivity index (χ0v) is 18.8. The molecule has 2 heterocycles. The monoisotopic (exact) mass is 420 g/mol. The molecule has 0 bridgehead atoms. The lowest BCUT2D eigenvalue weighted by atomic mass is 10.1. The normalized spacial score (nSPS) is 16.0. The van der Waals surface area contributed by atoms with Crippen LogP contribution in [-0.4, -0.2) is 25.7 Å². The summed E-state index contributed by atoms with van der Waals surface area (Å²) in [4.78, 5) is 8.42. The predicted octanol–water partition coefficient (Wildman–Crippen LogP) is 5.96. The van der Waals surface area contributed by atoms with E-state index in [2.05, 4.69) is 54.3 Å². The van der Waals surface area contributed by atoms with E-state index in [0.29, 0.717) is 5.25 Å². The van der Waals surface area contributed by atoms with Crippen LogP contribution >= 0.6 is 11.8 Å². The van der Waals surface area contributed by atoms with Crippen LogP contribution in [0.25, 0.3) is 0 Å². The van der Waals surface area contributed by atoms with Gasteiger partial charge in [0, 0.05) is 22.4 Å². The molecule has 0 radical (unpaired) electrons. The summed E-state index contributed by atoms with van der Waals surface area (Å²) in [6.07, 6.45) is 1.05. The maximum atomic E-state index is 5.52. The molecule has 3 aromatic rings. The highest BCUT2D eigenvalue weighted by Crippen LogP contribution is 2.47. The molecule has 5 heteroatoms. The van der Waals surface area contributed by atoms with E-state index in [1.165, 1.54) is 21.7 Å². The van der Waals surface area contributed by atoms with E-state index >= 15 is 0 Å². The molecule has 0 fully saturated rings. The Kier molecular flexibility index (Phi) is 6.18. The molecular weight excluding hydrogens is 392 g/mol. The van der Waals surface area contributed by atoms with Crippen LogP contribution in [0.1, 0.15) is 34.2 Å². The topological polar surface area (TPSA) is 34.6 Å². The molecule has 1 aliphatic heterocycles. The van der Waals surface area contributed by atoms with Crippen molar-refractivity contribution in [3.63, 3.8) is 0 Å². The number of methoxy groups -OCH3 is 2. The van der Waals surface area contributed by atoms with E-state index in [1.54, 1.807) is 14.2 Å². The van der Waals surface area contributed by atoms with Gasteiger partial charge in [0.2, 0.25) is 0 Å². The van der Waals surface area contributed by atoms with Crippen molar-refractivity contribution in [1.29, 1.82) is 0 Å². The first-order valence-electron chi connectivity index (χ1n) is 10.2. The van der Waals surface area contributed by atoms with Gasteiger partial charge in [-0.05, 0) is 67.8 Å². The minimum atomic E-state index is 0.371. The summed E-state index contributed by atoms with van der Waals surface area (Å²) in [6, 6.07) is 19.2. The lowest BCUT2D eigenvalue weighted by Gasteiger charge is -2.24. The van der Waals surface area contributed by atoms with Crippen LogP contribution in [0.2, 0.25) is 0 Å². The fraction of sp³-hybridized carbons (Fsp3) is 0.320. The fourth-order valence-corrected chi connectivity index (χ4v) is 5.28. The minimum Gasteiger partial charge on any atom is -0.497 e. The maximum absolute atomic E-state index is 5.52. The second-order valence-electron chi connectivity index (χ2n) is 7.65. The summed E-state index contributed by atoms with van der Waals surface area (Å²) in [5.41, 5.74) is 5.91. The number of hydrogen-bond acceptors (Lipinski definition) is 5. The molecule has 156 valence electrons. The number of nitrogens with zero attached hydrogens (tertiary/aromatic N) is 2. The third-order valence-corrected chi connectivity index (χ3v) is 6.90. The van der Waals surface area contributed by atoms with Crippen molar-refractivity contribution in [3.8, 4) is 11.5 Å². The highest BCUT2D eigenvalue weighted by Gasteiger charge is 2.24. The van der Waals surface area contributed by atoms with Crippen LogP contribution < -0.4 is 14.4 Å². The maximum Gasteiger partial charge on any atom is 0.121 e. The Morgan fingerprint density at radius 2 is 1.90 bits per heavy atom. The third-order valence-electron chi connectivity index (χ3n) is 5.53. The summed E-state index contributed by atoms with van der Waals surface area (Å²) in [6.45, 7) is 5.92. The molecule has 4 rings (SSSR count). The Morgan fingerprint density at radius 1 is 1.03 bits per heavy atom. The van der Waals surface area contributed by atoms with E-state index in [0.717, 1.165) is 42.4 Å². The van der Waals surface area contributed by atoms with E-state index in [4.69, 9.17) is 14.5 Å². The van der Waals surface area contributed by atoms with E-state index in [9.17, 15) is 0 Å². The van der Waals surface area contributed by atoms with Gasteiger partial charge in [0.05, 0.1) is 32.1 Å². The summed E-state index contributed by atoms with van der Waals surface area (Å²) in [7, 11) is 3.45. The predicted molar refractivity (Wildman–Crippen MR) is 124 cm³/mol. The Balaban J connectivity index is 1.67. The van der Waals surface area contributed by atoms with Crippen LogP contribution in [0.4, 0.5) is 5.69 Å². The number of ether oxygens (including phenoxy) is 2. The Labute approximate surface area is 183 Å². The Hall–Kier alpha value is -2.66. The first kappa shape index (κ1) is 20.6. The fourth-order valence-electron chi connectivity index (χ4n) is 3.97. The highest BCUT2D eigenvalue weighted by molar-refractivity contribution is 7.99. The third kappa shape index (κ3) is 4.41. The van der Waals surface area contributed by atoms with E-state index in [1.807, 2.05) is 30.8 Å². The summed E-state index contributed by atoms with van der Waals surface area (Å²) >= 11 is 1.92. The quantitative estimate of drug-likeness (QED) is 0.509. The molecular formula is C25H28N2O2S. The highest BCUT2D eigenvalue weighted by atomic mass is 32.2. The van der Waals surface area contributed by atoms with Crippen molar-refractivity contribution in [1.82, 2.24) is 4.98 Å². The van der Waals surface area contributed by atoms with Gasteiger partial charge in [-0.1, -0.05) is 18.2 Å². The molecule has 30 heavy (non-hydrogen) atoms. The molecule has 0 saturated carbocycles. The Morgan fingerprint density at radius 3 is 2.63 bits per heavy atom. The summed E-state index contributed by atoms with van der Waals surface area (Å²) in [5, 5.41) is 0.371. The van der Waals surface area contributed by atoms with Crippen molar-refractivity contribution in [2.24, 2.45) is 0 Å². The van der Waals surface area contributed by atoms with Crippen molar-refractivity contribution in [2.45, 2.75) is 37.0 Å². The van der Waals surface area contributed by atoms with Crippen molar-refractivity contribution < 1.29 is 9.47 Å². The number of thioether (sulfide) groups is 1. The Bertz CT molecular complexity index is 1040. The number of benzene rings is 2. The van der Waals surface area contributed by atoms with Crippen LogP contribution in [-0.2, 0) is 6.54 Å². The van der Waals surface area contributed by atoms with Crippen molar-refractivity contribution in [2.75, 3.05) is 25.7 Å². The number of fused-ring (bicyclic) bond motifs is 1. The van der Waals surface area contributed by atoms with Gasteiger partial charge >= 0.3 is 0 Å². The lowest BCUT2D eigenvalue weighted by molar-refractivity contribution is 0.411. The molecule has 1 unspecified atom stereocenters. The van der Waals surface area contributed by atoms with Gasteiger partial charge in [-0.2, -0.15) is 0 Å². The van der Waals surface area contributed by atoms with Crippen LogP contribution in [0.3, 0.4) is 0 Å². The molecule has 2 aromatic carbocycles. The number of anilines is 1. The molecule has 0 saturated heterocycles. The molecule has 1 aromatic heterocycles. The molecule has 0 N–H and O–H groups in total. The average molecular weight is 421 g/mol. The van der Waals surface area contributed by atoms with Gasteiger partial charge in [-0.15, -0.1) is 11.8 Å². The molecule has 0 spiro atoms. The van der Waals surface area contributed by atoms with Crippen molar-refractivity contribution in [3.05, 3.63) is 77.1 Å². The molecule has 4 nitrogen and oxygen atoms in total. The standard InChI is InChI=1S/C25H28N2O2S/c1-17-14-19(8-11-23(17)29-4)24-12-13-27(16-20-7-5-6-18(2)26-20)22-10-9-21(28-3)15-25(22)30-24/h5-11,14-15,24H,12-13,16H2,1-4H3. The second-order valence-corrected chi connectivity index (χ2v) is 8.89. The van der Waals surface area contributed by atoms with Gasteiger partial charge in [0.1, 0.15) is 11.5 Å². The van der Waals surface area contributed by atoms with E-state index < -0.39 is 0 Å². The summed E-state index contributed by atoms with van der Waals surface area (Å²) in [5.74, 6) is 1.83. The van der Waals surface area contributed by atoms with Gasteiger partial charge in [0.25, 0.3) is 0 Å². The number of aromatic nitrogens is 1. The first-order valence-corrected chi connectivity index (χ1v) is 11.1. The molecule has 1 aliphatic rings. The SMILES string of the molecule is COc1ccc2c(c1)SC(c1ccc(OC)c(C)c1)CCN2Cc1cccc(C)n1. The second kappa shape index (κ2) is 9.00. The number of hydrogen-bond donors (Lipinski definition) is 0. The van der Waals surface area contributed by atoms with Gasteiger partial charge in [0.15, 0.2) is 0 Å². The average Bonchev–Trinajstić information content (AvgIpc) is 2.93. The van der Waals surface area contributed by atoms with Crippen molar-refractivity contribution >= 4 is 17.4 Å². The van der Waals surface area contributed by atoms with Crippen LogP contribution in [0, 0.1) is 13.8 Å². The molecule has 1 atom stereocenters. The minimum absolute atomic E-state index is 0.371. The van der Waals surface area contributed by atoms with Crippen LogP contribution in [0.5, 0.6) is 11.5 Å². The lowest BCUT2D eigenvalue weighted by Crippen LogP contribution is -2.24. The largest absolute Gasteiger partial charge is 0.497 e. The van der Waals surface area contributed by atoms with Gasteiger partial charge in [-0.3, -0.25) is 4.98 Å². The zero-order valence-electron chi connectivity index (χ0n) is 18.0. The van der Waals surface area contributed by atoms with E-state index in [-0.39, 0.29) is 0 Å². The number of pyridine rings is 1. The van der Waals surface area contributed by atoms with Crippen LogP contribution in [0.15, 0.2) is 59.5 Å². The smallest absolute Gasteiger partial charge is 0.121 e. The molecule has 0 aliphatic carbocycles.